The van der Waals surface area contributed by atoms with Gasteiger partial charge in [-0.1, -0.05) is 6.07 Å². The van der Waals surface area contributed by atoms with Gasteiger partial charge in [0, 0.05) is 37.5 Å². The van der Waals surface area contributed by atoms with Crippen LogP contribution in [0.15, 0.2) is 51.7 Å². The molecule has 30 heavy (non-hydrogen) atoms. The number of aryl methyl sites for hydroxylation is 2. The van der Waals surface area contributed by atoms with Crippen molar-refractivity contribution in [1.29, 1.82) is 5.26 Å². The number of hydrogen-bond acceptors (Lipinski definition) is 5. The molecule has 3 heterocycles. The Bertz CT molecular complexity index is 1370. The van der Waals surface area contributed by atoms with Gasteiger partial charge in [0.2, 0.25) is 0 Å². The van der Waals surface area contributed by atoms with Crippen molar-refractivity contribution in [3.63, 3.8) is 0 Å². The van der Waals surface area contributed by atoms with E-state index in [9.17, 15) is 10.1 Å². The molecule has 1 saturated heterocycles. The molecule has 0 saturated carbocycles. The zero-order chi connectivity index (χ0) is 20.8. The maximum absolute atomic E-state index is 12.5. The van der Waals surface area contributed by atoms with Crippen LogP contribution in [0.4, 0.5) is 5.69 Å². The molecule has 4 aromatic rings. The Hall–Kier alpha value is -3.59. The Morgan fingerprint density at radius 1 is 1.13 bits per heavy atom. The summed E-state index contributed by atoms with van der Waals surface area (Å²) in [6.07, 6.45) is 1.81. The highest BCUT2D eigenvalue weighted by atomic mass is 16.3. The first-order valence-electron chi connectivity index (χ1n) is 10.2. The van der Waals surface area contributed by atoms with E-state index >= 15 is 0 Å². The number of rotatable bonds is 2. The number of piperidine rings is 1. The molecule has 0 amide bonds. The monoisotopic (exact) mass is 398 g/mol. The summed E-state index contributed by atoms with van der Waals surface area (Å²) < 4.78 is 7.65. The van der Waals surface area contributed by atoms with E-state index in [0.717, 1.165) is 59.5 Å². The second-order valence-electron chi connectivity index (χ2n) is 8.06. The van der Waals surface area contributed by atoms with Gasteiger partial charge in [-0.25, -0.2) is 4.98 Å². The van der Waals surface area contributed by atoms with Gasteiger partial charge in [0.1, 0.15) is 5.52 Å². The lowest BCUT2D eigenvalue weighted by Gasteiger charge is -2.33. The fourth-order valence-electron chi connectivity index (χ4n) is 4.37. The van der Waals surface area contributed by atoms with E-state index in [1.165, 1.54) is 5.56 Å². The zero-order valence-electron chi connectivity index (χ0n) is 17.1. The first-order chi connectivity index (χ1) is 14.5. The maximum atomic E-state index is 12.5. The van der Waals surface area contributed by atoms with Gasteiger partial charge in [0.25, 0.3) is 5.56 Å². The van der Waals surface area contributed by atoms with Crippen molar-refractivity contribution in [3.8, 4) is 6.07 Å². The largest absolute Gasteiger partial charge is 0.440 e. The van der Waals surface area contributed by atoms with Crippen molar-refractivity contribution in [2.24, 2.45) is 7.05 Å². The molecule has 0 unspecified atom stereocenters. The smallest absolute Gasteiger partial charge is 0.252 e. The molecular formula is C24H22N4O2. The van der Waals surface area contributed by atoms with Gasteiger partial charge in [0.05, 0.1) is 22.8 Å². The van der Waals surface area contributed by atoms with E-state index in [2.05, 4.69) is 24.0 Å². The Balaban J connectivity index is 1.45. The third kappa shape index (κ3) is 3.03. The fraction of sp³-hybridized carbons (Fsp3) is 0.292. The molecule has 150 valence electrons. The summed E-state index contributed by atoms with van der Waals surface area (Å²) in [6, 6.07) is 15.4. The Labute approximate surface area is 174 Å². The third-order valence-electron chi connectivity index (χ3n) is 6.10. The van der Waals surface area contributed by atoms with E-state index in [1.807, 2.05) is 24.3 Å². The summed E-state index contributed by atoms with van der Waals surface area (Å²) in [6.45, 7) is 3.67. The average molecular weight is 398 g/mol. The molecule has 0 aliphatic carbocycles. The first-order valence-corrected chi connectivity index (χ1v) is 10.2. The molecule has 1 aliphatic heterocycles. The summed E-state index contributed by atoms with van der Waals surface area (Å²) in [4.78, 5) is 19.5. The molecule has 0 spiro atoms. The van der Waals surface area contributed by atoms with Crippen molar-refractivity contribution in [1.82, 2.24) is 9.55 Å². The van der Waals surface area contributed by atoms with Crippen LogP contribution < -0.4 is 10.5 Å². The predicted molar refractivity (Wildman–Crippen MR) is 117 cm³/mol. The molecule has 0 atom stereocenters. The van der Waals surface area contributed by atoms with Crippen LogP contribution in [0.25, 0.3) is 22.0 Å². The zero-order valence-corrected chi connectivity index (χ0v) is 17.1. The van der Waals surface area contributed by atoms with E-state index < -0.39 is 0 Å². The summed E-state index contributed by atoms with van der Waals surface area (Å²) in [5.74, 6) is 1.07. The molecule has 0 N–H and O–H groups in total. The SMILES string of the molecule is Cc1ccc2oc(C3CCN(c4cc(=O)n(C)c5ccc(C#N)cc45)CC3)nc2c1. The topological polar surface area (TPSA) is 75.1 Å². The molecule has 0 radical (unpaired) electrons. The highest BCUT2D eigenvalue weighted by Gasteiger charge is 2.26. The number of nitrogens with zero attached hydrogens (tertiary/aromatic N) is 4. The molecule has 6 heteroatoms. The number of aromatic nitrogens is 2. The molecular weight excluding hydrogens is 376 g/mol. The molecule has 2 aromatic carbocycles. The second kappa shape index (κ2) is 7.03. The summed E-state index contributed by atoms with van der Waals surface area (Å²) in [7, 11) is 1.77. The van der Waals surface area contributed by atoms with Crippen molar-refractivity contribution >= 4 is 27.7 Å². The molecule has 0 bridgehead atoms. The lowest BCUT2D eigenvalue weighted by molar-refractivity contribution is 0.407. The van der Waals surface area contributed by atoms with Gasteiger partial charge in [-0.2, -0.15) is 5.26 Å². The number of hydrogen-bond donors (Lipinski definition) is 0. The number of fused-ring (bicyclic) bond motifs is 2. The van der Waals surface area contributed by atoms with Gasteiger partial charge in [-0.15, -0.1) is 0 Å². The maximum Gasteiger partial charge on any atom is 0.252 e. The van der Waals surface area contributed by atoms with Crippen LogP contribution in [0, 0.1) is 18.3 Å². The lowest BCUT2D eigenvalue weighted by atomic mass is 9.96. The Morgan fingerprint density at radius 2 is 1.93 bits per heavy atom. The summed E-state index contributed by atoms with van der Waals surface area (Å²) >= 11 is 0. The quantitative estimate of drug-likeness (QED) is 0.505. The van der Waals surface area contributed by atoms with Crippen molar-refractivity contribution in [2.45, 2.75) is 25.7 Å². The summed E-state index contributed by atoms with van der Waals surface area (Å²) in [5, 5.41) is 10.2. The van der Waals surface area contributed by atoms with Crippen LogP contribution in [0.5, 0.6) is 0 Å². The number of benzene rings is 2. The normalized spacial score (nSPS) is 15.0. The van der Waals surface area contributed by atoms with Crippen molar-refractivity contribution in [2.75, 3.05) is 18.0 Å². The predicted octanol–water partition coefficient (Wildman–Crippen LogP) is 4.24. The first kappa shape index (κ1) is 18.4. The van der Waals surface area contributed by atoms with Crippen LogP contribution in [0.3, 0.4) is 0 Å². The molecule has 6 nitrogen and oxygen atoms in total. The molecule has 2 aromatic heterocycles. The number of anilines is 1. The minimum Gasteiger partial charge on any atom is -0.440 e. The minimum atomic E-state index is -0.0429. The number of pyridine rings is 1. The number of nitriles is 1. The van der Waals surface area contributed by atoms with E-state index in [1.54, 1.807) is 23.7 Å². The molecule has 5 rings (SSSR count). The minimum absolute atomic E-state index is 0.0429. The van der Waals surface area contributed by atoms with E-state index in [0.29, 0.717) is 5.56 Å². The van der Waals surface area contributed by atoms with Crippen LogP contribution in [-0.2, 0) is 7.05 Å². The van der Waals surface area contributed by atoms with Crippen LogP contribution in [0.1, 0.15) is 35.8 Å². The molecule has 1 aliphatic rings. The highest BCUT2D eigenvalue weighted by molar-refractivity contribution is 5.93. The van der Waals surface area contributed by atoms with Crippen LogP contribution in [-0.4, -0.2) is 22.6 Å². The van der Waals surface area contributed by atoms with Gasteiger partial charge in [0.15, 0.2) is 11.5 Å². The Morgan fingerprint density at radius 3 is 2.70 bits per heavy atom. The van der Waals surface area contributed by atoms with Gasteiger partial charge in [-0.05, 0) is 55.7 Å². The standard InChI is InChI=1S/C24H22N4O2/c1-15-3-6-22-19(11-15)26-24(30-22)17-7-9-28(10-8-17)21-13-23(29)27(2)20-5-4-16(14-25)12-18(20)21/h3-6,11-13,17H,7-10H2,1-2H3. The van der Waals surface area contributed by atoms with Crippen molar-refractivity contribution < 1.29 is 4.42 Å². The number of oxazole rings is 1. The van der Waals surface area contributed by atoms with E-state index in [-0.39, 0.29) is 11.5 Å². The lowest BCUT2D eigenvalue weighted by Crippen LogP contribution is -2.34. The summed E-state index contributed by atoms with van der Waals surface area (Å²) in [5.41, 5.74) is 5.21. The highest BCUT2D eigenvalue weighted by Crippen LogP contribution is 2.34. The average Bonchev–Trinajstić information content (AvgIpc) is 3.19. The molecule has 1 fully saturated rings. The Kier molecular flexibility index (Phi) is 4.32. The van der Waals surface area contributed by atoms with Gasteiger partial charge < -0.3 is 13.9 Å². The van der Waals surface area contributed by atoms with Crippen molar-refractivity contribution in [3.05, 3.63) is 69.8 Å². The van der Waals surface area contributed by atoms with Crippen LogP contribution in [0.2, 0.25) is 0 Å². The van der Waals surface area contributed by atoms with Gasteiger partial charge in [-0.3, -0.25) is 4.79 Å². The second-order valence-corrected chi connectivity index (χ2v) is 8.06. The van der Waals surface area contributed by atoms with Gasteiger partial charge >= 0.3 is 0 Å². The third-order valence-corrected chi connectivity index (χ3v) is 6.10. The van der Waals surface area contributed by atoms with Crippen LogP contribution >= 0.6 is 0 Å². The van der Waals surface area contributed by atoms with E-state index in [4.69, 9.17) is 9.40 Å². The fourth-order valence-corrected chi connectivity index (χ4v) is 4.37.